The van der Waals surface area contributed by atoms with Gasteiger partial charge in [-0.1, -0.05) is 54.3 Å². The Balaban J connectivity index is 1.72. The van der Waals surface area contributed by atoms with Crippen LogP contribution in [-0.4, -0.2) is 19.7 Å². The number of nitro groups is 1. The molecule has 0 aliphatic carbocycles. The molecule has 1 N–H and O–H groups in total. The van der Waals surface area contributed by atoms with Crippen molar-refractivity contribution in [2.45, 2.75) is 6.54 Å². The molecule has 3 aromatic rings. The van der Waals surface area contributed by atoms with E-state index in [1.54, 1.807) is 12.1 Å². The first kappa shape index (κ1) is 17.4. The summed E-state index contributed by atoms with van der Waals surface area (Å²) in [5.41, 5.74) is 2.97. The number of aromatic nitrogens is 1. The van der Waals surface area contributed by atoms with E-state index >= 15 is 0 Å². The lowest BCUT2D eigenvalue weighted by Gasteiger charge is -2.05. The molecule has 0 unspecified atom stereocenters. The topological polar surface area (TPSA) is 77.2 Å². The van der Waals surface area contributed by atoms with E-state index in [2.05, 4.69) is 9.88 Å². The standard InChI is InChI=1S/C19H13N3O3S2/c23-18-17(27-19(26)20-18)9-13-11-21(16-4-2-1-3-15(13)16)10-12-5-7-14(8-6-12)22(24)25/h1-9,11H,10H2,(H,20,23,26)/b17-9+. The molecule has 8 heteroatoms. The zero-order valence-corrected chi connectivity index (χ0v) is 15.5. The SMILES string of the molecule is O=C1NC(=S)S/C1=C/c1cn(Cc2ccc([N+](=O)[O-])cc2)c2ccccc12. The molecule has 27 heavy (non-hydrogen) atoms. The maximum absolute atomic E-state index is 12.0. The third kappa shape index (κ3) is 3.49. The van der Waals surface area contributed by atoms with E-state index < -0.39 is 4.92 Å². The number of hydrogen-bond acceptors (Lipinski definition) is 5. The molecule has 1 aliphatic rings. The number of hydrogen-bond donors (Lipinski definition) is 1. The van der Waals surface area contributed by atoms with Gasteiger partial charge in [0.2, 0.25) is 0 Å². The number of carbonyl (C=O) groups is 1. The van der Waals surface area contributed by atoms with Gasteiger partial charge in [0.1, 0.15) is 4.32 Å². The Bertz CT molecular complexity index is 1120. The lowest BCUT2D eigenvalue weighted by molar-refractivity contribution is -0.384. The van der Waals surface area contributed by atoms with E-state index in [9.17, 15) is 14.9 Å². The van der Waals surface area contributed by atoms with Crippen LogP contribution in [0, 0.1) is 10.1 Å². The van der Waals surface area contributed by atoms with Crippen LogP contribution >= 0.6 is 24.0 Å². The van der Waals surface area contributed by atoms with Crippen LogP contribution in [0.2, 0.25) is 0 Å². The van der Waals surface area contributed by atoms with Crippen LogP contribution in [0.5, 0.6) is 0 Å². The largest absolute Gasteiger partial charge is 0.342 e. The van der Waals surface area contributed by atoms with Gasteiger partial charge in [-0.3, -0.25) is 14.9 Å². The van der Waals surface area contributed by atoms with E-state index in [4.69, 9.17) is 12.2 Å². The van der Waals surface area contributed by atoms with Crippen molar-refractivity contribution in [3.63, 3.8) is 0 Å². The van der Waals surface area contributed by atoms with Gasteiger partial charge in [-0.05, 0) is 17.7 Å². The third-order valence-corrected chi connectivity index (χ3v) is 5.41. The van der Waals surface area contributed by atoms with Crippen molar-refractivity contribution in [1.82, 2.24) is 9.88 Å². The van der Waals surface area contributed by atoms with E-state index in [0.717, 1.165) is 22.0 Å². The van der Waals surface area contributed by atoms with Crippen LogP contribution in [0.3, 0.4) is 0 Å². The molecule has 0 atom stereocenters. The predicted molar refractivity (Wildman–Crippen MR) is 110 cm³/mol. The molecule has 2 aromatic carbocycles. The highest BCUT2D eigenvalue weighted by Crippen LogP contribution is 2.30. The second-order valence-electron chi connectivity index (χ2n) is 6.01. The van der Waals surface area contributed by atoms with E-state index in [1.807, 2.05) is 36.5 Å². The highest BCUT2D eigenvalue weighted by molar-refractivity contribution is 8.26. The normalized spacial score (nSPS) is 15.5. The van der Waals surface area contributed by atoms with Gasteiger partial charge in [0.05, 0.1) is 9.83 Å². The molecule has 2 heterocycles. The number of fused-ring (bicyclic) bond motifs is 1. The number of benzene rings is 2. The van der Waals surface area contributed by atoms with Crippen molar-refractivity contribution in [2.75, 3.05) is 0 Å². The number of thiocarbonyl (C=S) groups is 1. The molecule has 1 amide bonds. The van der Waals surface area contributed by atoms with Gasteiger partial charge in [0, 0.05) is 41.3 Å². The highest BCUT2D eigenvalue weighted by Gasteiger charge is 2.22. The maximum Gasteiger partial charge on any atom is 0.269 e. The van der Waals surface area contributed by atoms with Crippen molar-refractivity contribution < 1.29 is 9.72 Å². The van der Waals surface area contributed by atoms with Crippen molar-refractivity contribution in [3.05, 3.63) is 80.9 Å². The van der Waals surface area contributed by atoms with Crippen LogP contribution in [0.25, 0.3) is 17.0 Å². The number of nitro benzene ring substituents is 1. The zero-order valence-electron chi connectivity index (χ0n) is 13.9. The van der Waals surface area contributed by atoms with Gasteiger partial charge in [0.25, 0.3) is 11.6 Å². The monoisotopic (exact) mass is 395 g/mol. The average Bonchev–Trinajstić information content (AvgIpc) is 3.15. The average molecular weight is 395 g/mol. The van der Waals surface area contributed by atoms with Gasteiger partial charge < -0.3 is 9.88 Å². The molecular weight excluding hydrogens is 382 g/mol. The lowest BCUT2D eigenvalue weighted by Crippen LogP contribution is -2.17. The number of nitrogens with zero attached hydrogens (tertiary/aromatic N) is 2. The van der Waals surface area contributed by atoms with Crippen LogP contribution < -0.4 is 5.32 Å². The summed E-state index contributed by atoms with van der Waals surface area (Å²) in [7, 11) is 0. The number of non-ortho nitro benzene ring substituents is 1. The minimum atomic E-state index is -0.409. The van der Waals surface area contributed by atoms with E-state index in [0.29, 0.717) is 15.8 Å². The Hall–Kier alpha value is -2.97. The molecular formula is C19H13N3O3S2. The Morgan fingerprint density at radius 3 is 2.59 bits per heavy atom. The molecule has 134 valence electrons. The smallest absolute Gasteiger partial charge is 0.269 e. The number of rotatable bonds is 4. The molecule has 1 fully saturated rings. The summed E-state index contributed by atoms with van der Waals surface area (Å²) in [6, 6.07) is 14.4. The molecule has 1 saturated heterocycles. The van der Waals surface area contributed by atoms with Crippen LogP contribution in [0.4, 0.5) is 5.69 Å². The first-order valence-electron chi connectivity index (χ1n) is 8.07. The van der Waals surface area contributed by atoms with Crippen molar-refractivity contribution >= 4 is 56.9 Å². The van der Waals surface area contributed by atoms with Crippen molar-refractivity contribution in [1.29, 1.82) is 0 Å². The number of para-hydroxylation sites is 1. The maximum atomic E-state index is 12.0. The molecule has 0 saturated carbocycles. The van der Waals surface area contributed by atoms with Gasteiger partial charge in [-0.25, -0.2) is 0 Å². The summed E-state index contributed by atoms with van der Waals surface area (Å²) in [5.74, 6) is -0.183. The second kappa shape index (κ2) is 6.98. The zero-order chi connectivity index (χ0) is 19.0. The number of amides is 1. The van der Waals surface area contributed by atoms with Crippen molar-refractivity contribution in [2.24, 2.45) is 0 Å². The van der Waals surface area contributed by atoms with Gasteiger partial charge in [-0.2, -0.15) is 0 Å². The summed E-state index contributed by atoms with van der Waals surface area (Å²) < 4.78 is 2.53. The second-order valence-corrected chi connectivity index (χ2v) is 7.72. The molecule has 6 nitrogen and oxygen atoms in total. The molecule has 1 aliphatic heterocycles. The number of thioether (sulfide) groups is 1. The Labute approximate surface area is 164 Å². The van der Waals surface area contributed by atoms with Gasteiger partial charge in [-0.15, -0.1) is 0 Å². The predicted octanol–water partition coefficient (Wildman–Crippen LogP) is 4.09. The molecule has 0 spiro atoms. The quantitative estimate of drug-likeness (QED) is 0.312. The fourth-order valence-corrected chi connectivity index (χ4v) is 4.04. The first-order valence-corrected chi connectivity index (χ1v) is 9.30. The summed E-state index contributed by atoms with van der Waals surface area (Å²) in [5, 5.41) is 14.5. The summed E-state index contributed by atoms with van der Waals surface area (Å²) in [4.78, 5) is 22.9. The minimum Gasteiger partial charge on any atom is -0.342 e. The van der Waals surface area contributed by atoms with Gasteiger partial charge >= 0.3 is 0 Å². The Morgan fingerprint density at radius 1 is 1.19 bits per heavy atom. The summed E-state index contributed by atoms with van der Waals surface area (Å²) in [6.45, 7) is 0.569. The number of carbonyl (C=O) groups excluding carboxylic acids is 1. The van der Waals surface area contributed by atoms with Crippen LogP contribution in [0.1, 0.15) is 11.1 Å². The fourth-order valence-electron chi connectivity index (χ4n) is 3.00. The first-order chi connectivity index (χ1) is 13.0. The Kier molecular flexibility index (Phi) is 4.51. The van der Waals surface area contributed by atoms with Crippen LogP contribution in [-0.2, 0) is 11.3 Å². The van der Waals surface area contributed by atoms with E-state index in [-0.39, 0.29) is 11.6 Å². The fraction of sp³-hybridized carbons (Fsp3) is 0.0526. The molecule has 4 rings (SSSR count). The lowest BCUT2D eigenvalue weighted by atomic mass is 10.1. The van der Waals surface area contributed by atoms with Gasteiger partial charge in [0.15, 0.2) is 0 Å². The minimum absolute atomic E-state index is 0.0711. The summed E-state index contributed by atoms with van der Waals surface area (Å²) in [6.07, 6.45) is 3.82. The van der Waals surface area contributed by atoms with Crippen molar-refractivity contribution in [3.8, 4) is 0 Å². The molecule has 0 radical (unpaired) electrons. The third-order valence-electron chi connectivity index (χ3n) is 4.25. The molecule has 1 aromatic heterocycles. The number of nitrogens with one attached hydrogen (secondary N) is 1. The van der Waals surface area contributed by atoms with Crippen LogP contribution in [0.15, 0.2) is 59.6 Å². The molecule has 0 bridgehead atoms. The van der Waals surface area contributed by atoms with E-state index in [1.165, 1.54) is 23.9 Å². The summed E-state index contributed by atoms with van der Waals surface area (Å²) >= 11 is 6.30. The highest BCUT2D eigenvalue weighted by atomic mass is 32.2. The Morgan fingerprint density at radius 2 is 1.93 bits per heavy atom.